The maximum atomic E-state index is 9.94. The average Bonchev–Trinajstić information content (AvgIpc) is 2.39. The second kappa shape index (κ2) is 7.04. The zero-order valence-electron chi connectivity index (χ0n) is 10.3. The molecular weight excluding hydrogens is 294 g/mol. The smallest absolute Gasteiger partial charge is 0.0851 e. The standard InChI is InChI=1S/C14H18BrNO2/c15-13-4-1-12(2-5-13)3-6-14(17)11-16-7-9-18-10-8-16/h1-6,14,17H,7-11H2/b6-3+. The minimum Gasteiger partial charge on any atom is -0.388 e. The van der Waals surface area contributed by atoms with Crippen molar-refractivity contribution in [3.63, 3.8) is 0 Å². The van der Waals surface area contributed by atoms with Crippen molar-refractivity contribution in [1.29, 1.82) is 0 Å². The molecular formula is C14H18BrNO2. The molecule has 1 aliphatic rings. The van der Waals surface area contributed by atoms with E-state index in [0.29, 0.717) is 6.54 Å². The number of halogens is 1. The predicted molar refractivity (Wildman–Crippen MR) is 76.4 cm³/mol. The summed E-state index contributed by atoms with van der Waals surface area (Å²) in [6.07, 6.45) is 3.38. The first-order valence-corrected chi connectivity index (χ1v) is 6.95. The quantitative estimate of drug-likeness (QED) is 0.925. The molecule has 1 unspecified atom stereocenters. The molecule has 0 aliphatic carbocycles. The number of aliphatic hydroxyl groups excluding tert-OH is 1. The number of nitrogens with zero attached hydrogens (tertiary/aromatic N) is 1. The van der Waals surface area contributed by atoms with Crippen molar-refractivity contribution in [1.82, 2.24) is 4.90 Å². The van der Waals surface area contributed by atoms with Crippen molar-refractivity contribution < 1.29 is 9.84 Å². The van der Waals surface area contributed by atoms with Gasteiger partial charge in [0.2, 0.25) is 0 Å². The van der Waals surface area contributed by atoms with Crippen LogP contribution in [0.1, 0.15) is 5.56 Å². The van der Waals surface area contributed by atoms with Gasteiger partial charge in [-0.2, -0.15) is 0 Å². The number of ether oxygens (including phenoxy) is 1. The molecule has 0 amide bonds. The summed E-state index contributed by atoms with van der Waals surface area (Å²) in [5, 5.41) is 9.94. The number of hydrogen-bond acceptors (Lipinski definition) is 3. The van der Waals surface area contributed by atoms with E-state index in [1.807, 2.05) is 36.4 Å². The largest absolute Gasteiger partial charge is 0.388 e. The third kappa shape index (κ3) is 4.53. The molecule has 0 bridgehead atoms. The first-order chi connectivity index (χ1) is 8.74. The monoisotopic (exact) mass is 311 g/mol. The van der Waals surface area contributed by atoms with E-state index in [1.165, 1.54) is 0 Å². The SMILES string of the molecule is OC(/C=C/c1ccc(Br)cc1)CN1CCOCC1. The van der Waals surface area contributed by atoms with Crippen LogP contribution in [0.25, 0.3) is 6.08 Å². The third-order valence-electron chi connectivity index (χ3n) is 2.93. The fraction of sp³-hybridized carbons (Fsp3) is 0.429. The van der Waals surface area contributed by atoms with Crippen LogP contribution in [0.3, 0.4) is 0 Å². The highest BCUT2D eigenvalue weighted by molar-refractivity contribution is 9.10. The number of aliphatic hydroxyl groups is 1. The van der Waals surface area contributed by atoms with Gasteiger partial charge in [0, 0.05) is 24.1 Å². The molecule has 0 spiro atoms. The number of hydrogen-bond donors (Lipinski definition) is 1. The fourth-order valence-electron chi connectivity index (χ4n) is 1.91. The molecule has 0 radical (unpaired) electrons. The molecule has 1 aromatic rings. The van der Waals surface area contributed by atoms with E-state index in [2.05, 4.69) is 20.8 Å². The molecule has 1 heterocycles. The minimum atomic E-state index is -0.424. The maximum Gasteiger partial charge on any atom is 0.0851 e. The summed E-state index contributed by atoms with van der Waals surface area (Å²) < 4.78 is 6.34. The van der Waals surface area contributed by atoms with Gasteiger partial charge in [0.15, 0.2) is 0 Å². The van der Waals surface area contributed by atoms with E-state index in [-0.39, 0.29) is 0 Å². The van der Waals surface area contributed by atoms with E-state index in [9.17, 15) is 5.11 Å². The Morgan fingerprint density at radius 1 is 1.28 bits per heavy atom. The van der Waals surface area contributed by atoms with Gasteiger partial charge in [0.25, 0.3) is 0 Å². The van der Waals surface area contributed by atoms with Gasteiger partial charge >= 0.3 is 0 Å². The summed E-state index contributed by atoms with van der Waals surface area (Å²) >= 11 is 3.40. The van der Waals surface area contributed by atoms with Crippen LogP contribution in [-0.2, 0) is 4.74 Å². The summed E-state index contributed by atoms with van der Waals surface area (Å²) in [5.41, 5.74) is 1.10. The Balaban J connectivity index is 1.82. The summed E-state index contributed by atoms with van der Waals surface area (Å²) in [4.78, 5) is 2.22. The van der Waals surface area contributed by atoms with E-state index in [1.54, 1.807) is 0 Å². The molecule has 1 saturated heterocycles. The van der Waals surface area contributed by atoms with Crippen molar-refractivity contribution in [3.8, 4) is 0 Å². The van der Waals surface area contributed by atoms with Crippen molar-refractivity contribution in [2.24, 2.45) is 0 Å². The molecule has 4 heteroatoms. The van der Waals surface area contributed by atoms with Crippen LogP contribution < -0.4 is 0 Å². The average molecular weight is 312 g/mol. The highest BCUT2D eigenvalue weighted by Gasteiger charge is 2.12. The van der Waals surface area contributed by atoms with Crippen LogP contribution in [-0.4, -0.2) is 49.0 Å². The van der Waals surface area contributed by atoms with Gasteiger partial charge in [-0.3, -0.25) is 4.90 Å². The Morgan fingerprint density at radius 2 is 1.94 bits per heavy atom. The summed E-state index contributed by atoms with van der Waals surface area (Å²) in [6, 6.07) is 8.02. The molecule has 1 fully saturated rings. The normalized spacial score (nSPS) is 19.2. The number of β-amino-alcohol motifs (C(OH)–C–C–N with tert-alkyl or cyclic N) is 1. The predicted octanol–water partition coefficient (Wildman–Crippen LogP) is 2.16. The number of rotatable bonds is 4. The van der Waals surface area contributed by atoms with E-state index >= 15 is 0 Å². The Labute approximate surface area is 116 Å². The molecule has 2 rings (SSSR count). The van der Waals surface area contributed by atoms with Gasteiger partial charge in [0.05, 0.1) is 19.3 Å². The lowest BCUT2D eigenvalue weighted by Crippen LogP contribution is -2.40. The van der Waals surface area contributed by atoms with Crippen LogP contribution in [0.15, 0.2) is 34.8 Å². The molecule has 1 atom stereocenters. The molecule has 0 aromatic heterocycles. The lowest BCUT2D eigenvalue weighted by Gasteiger charge is -2.27. The van der Waals surface area contributed by atoms with Gasteiger partial charge in [0.1, 0.15) is 0 Å². The first kappa shape index (κ1) is 13.7. The molecule has 1 N–H and O–H groups in total. The van der Waals surface area contributed by atoms with Crippen molar-refractivity contribution in [2.45, 2.75) is 6.10 Å². The summed E-state index contributed by atoms with van der Waals surface area (Å²) in [5.74, 6) is 0. The Bertz CT molecular complexity index is 385. The van der Waals surface area contributed by atoms with Gasteiger partial charge in [-0.25, -0.2) is 0 Å². The molecule has 18 heavy (non-hydrogen) atoms. The second-order valence-corrected chi connectivity index (χ2v) is 5.31. The molecule has 98 valence electrons. The highest BCUT2D eigenvalue weighted by Crippen LogP contribution is 2.12. The Kier molecular flexibility index (Phi) is 5.38. The minimum absolute atomic E-state index is 0.424. The summed E-state index contributed by atoms with van der Waals surface area (Å²) in [6.45, 7) is 4.02. The van der Waals surface area contributed by atoms with Gasteiger partial charge < -0.3 is 9.84 Å². The molecule has 0 saturated carbocycles. The number of morpholine rings is 1. The van der Waals surface area contributed by atoms with E-state index in [4.69, 9.17) is 4.74 Å². The van der Waals surface area contributed by atoms with Gasteiger partial charge in [-0.15, -0.1) is 0 Å². The van der Waals surface area contributed by atoms with E-state index in [0.717, 1.165) is 36.3 Å². The van der Waals surface area contributed by atoms with Gasteiger partial charge in [-0.05, 0) is 17.7 Å². The van der Waals surface area contributed by atoms with Crippen LogP contribution >= 0.6 is 15.9 Å². The third-order valence-corrected chi connectivity index (χ3v) is 3.46. The van der Waals surface area contributed by atoms with Crippen molar-refractivity contribution >= 4 is 22.0 Å². The maximum absolute atomic E-state index is 9.94. The Hall–Kier alpha value is -0.680. The lowest BCUT2D eigenvalue weighted by atomic mass is 10.2. The van der Waals surface area contributed by atoms with E-state index < -0.39 is 6.10 Å². The highest BCUT2D eigenvalue weighted by atomic mass is 79.9. The number of benzene rings is 1. The van der Waals surface area contributed by atoms with Crippen LogP contribution in [0, 0.1) is 0 Å². The molecule has 1 aromatic carbocycles. The lowest BCUT2D eigenvalue weighted by molar-refractivity contribution is 0.0223. The molecule has 3 nitrogen and oxygen atoms in total. The van der Waals surface area contributed by atoms with Crippen LogP contribution in [0.5, 0.6) is 0 Å². The van der Waals surface area contributed by atoms with Crippen LogP contribution in [0.2, 0.25) is 0 Å². The van der Waals surface area contributed by atoms with Crippen molar-refractivity contribution in [2.75, 3.05) is 32.8 Å². The fourth-order valence-corrected chi connectivity index (χ4v) is 2.17. The zero-order valence-corrected chi connectivity index (χ0v) is 11.8. The first-order valence-electron chi connectivity index (χ1n) is 6.16. The Morgan fingerprint density at radius 3 is 2.61 bits per heavy atom. The van der Waals surface area contributed by atoms with Crippen molar-refractivity contribution in [3.05, 3.63) is 40.4 Å². The summed E-state index contributed by atoms with van der Waals surface area (Å²) in [7, 11) is 0. The van der Waals surface area contributed by atoms with Gasteiger partial charge in [-0.1, -0.05) is 40.2 Å². The van der Waals surface area contributed by atoms with Crippen LogP contribution in [0.4, 0.5) is 0 Å². The molecule has 1 aliphatic heterocycles. The zero-order chi connectivity index (χ0) is 12.8. The second-order valence-electron chi connectivity index (χ2n) is 4.39. The topological polar surface area (TPSA) is 32.7 Å².